The highest BCUT2D eigenvalue weighted by atomic mass is 31.2. The molecule has 0 amide bonds. The van der Waals surface area contributed by atoms with Crippen molar-refractivity contribution in [3.63, 3.8) is 0 Å². The van der Waals surface area contributed by atoms with Crippen LogP contribution in [0.3, 0.4) is 0 Å². The van der Waals surface area contributed by atoms with E-state index >= 15 is 0 Å². The standard InChI is InChI=1S/C27H38N5O4P/c1-3-35-37(33,36-4-2)13-7-12-34-23-9-5-8-21(16-23)24-18-32(27-25(24)26(28)29-19-30-27)22-14-20(15-22)17-31-10-6-11-31/h5,8-9,16,18-20,22H,3-4,6-7,10-15,17H2,1-2H3,(H2,28,29,30). The second-order valence-electron chi connectivity index (χ2n) is 9.95. The second-order valence-corrected chi connectivity index (χ2v) is 12.1. The fourth-order valence-electron chi connectivity index (χ4n) is 5.37. The zero-order chi connectivity index (χ0) is 25.8. The van der Waals surface area contributed by atoms with Crippen molar-refractivity contribution in [1.82, 2.24) is 19.4 Å². The van der Waals surface area contributed by atoms with Crippen molar-refractivity contribution in [2.24, 2.45) is 5.92 Å². The number of benzene rings is 1. The molecule has 3 aromatic rings. The van der Waals surface area contributed by atoms with Gasteiger partial charge < -0.3 is 29.0 Å². The molecule has 0 unspecified atom stereocenters. The predicted molar refractivity (Wildman–Crippen MR) is 146 cm³/mol. The van der Waals surface area contributed by atoms with Gasteiger partial charge in [0.2, 0.25) is 0 Å². The summed E-state index contributed by atoms with van der Waals surface area (Å²) in [4.78, 5) is 11.5. The molecule has 37 heavy (non-hydrogen) atoms. The third kappa shape index (κ3) is 5.85. The van der Waals surface area contributed by atoms with E-state index in [9.17, 15) is 4.57 Å². The molecule has 0 bridgehead atoms. The number of nitrogens with zero attached hydrogens (tertiary/aromatic N) is 4. The van der Waals surface area contributed by atoms with Gasteiger partial charge in [-0.1, -0.05) is 12.1 Å². The van der Waals surface area contributed by atoms with E-state index in [0.29, 0.717) is 44.3 Å². The van der Waals surface area contributed by atoms with Crippen molar-refractivity contribution < 1.29 is 18.3 Å². The summed E-state index contributed by atoms with van der Waals surface area (Å²) in [6.45, 7) is 8.49. The van der Waals surface area contributed by atoms with Gasteiger partial charge in [-0.15, -0.1) is 0 Å². The van der Waals surface area contributed by atoms with Crippen LogP contribution in [-0.2, 0) is 13.6 Å². The van der Waals surface area contributed by atoms with E-state index in [-0.39, 0.29) is 0 Å². The summed E-state index contributed by atoms with van der Waals surface area (Å²) in [5.41, 5.74) is 9.28. The summed E-state index contributed by atoms with van der Waals surface area (Å²) in [6, 6.07) is 8.42. The molecule has 9 nitrogen and oxygen atoms in total. The zero-order valence-corrected chi connectivity index (χ0v) is 22.7. The Morgan fingerprint density at radius 3 is 2.62 bits per heavy atom. The molecular weight excluding hydrogens is 489 g/mol. The fraction of sp³-hybridized carbons (Fsp3) is 0.556. The second kappa shape index (κ2) is 11.5. The van der Waals surface area contributed by atoms with Crippen LogP contribution in [0.25, 0.3) is 22.2 Å². The van der Waals surface area contributed by atoms with Gasteiger partial charge in [0.05, 0.1) is 31.4 Å². The zero-order valence-electron chi connectivity index (χ0n) is 21.8. The number of aromatic nitrogens is 3. The van der Waals surface area contributed by atoms with Crippen LogP contribution in [0, 0.1) is 5.92 Å². The molecule has 1 saturated heterocycles. The van der Waals surface area contributed by atoms with Crippen molar-refractivity contribution >= 4 is 24.4 Å². The minimum absolute atomic E-state index is 0.329. The molecule has 2 aliphatic rings. The van der Waals surface area contributed by atoms with Gasteiger partial charge in [0, 0.05) is 24.3 Å². The maximum Gasteiger partial charge on any atom is 0.330 e. The minimum Gasteiger partial charge on any atom is -0.494 e. The van der Waals surface area contributed by atoms with Gasteiger partial charge in [0.1, 0.15) is 23.5 Å². The summed E-state index contributed by atoms with van der Waals surface area (Å²) in [5, 5.41) is 0.889. The average molecular weight is 528 g/mol. The van der Waals surface area contributed by atoms with E-state index < -0.39 is 7.60 Å². The van der Waals surface area contributed by atoms with Gasteiger partial charge in [-0.05, 0) is 76.2 Å². The number of hydrogen-bond donors (Lipinski definition) is 1. The van der Waals surface area contributed by atoms with Gasteiger partial charge >= 0.3 is 7.60 Å². The lowest BCUT2D eigenvalue weighted by molar-refractivity contribution is 0.0921. The summed E-state index contributed by atoms with van der Waals surface area (Å²) in [5.74, 6) is 1.99. The van der Waals surface area contributed by atoms with Crippen molar-refractivity contribution in [2.75, 3.05) is 51.4 Å². The van der Waals surface area contributed by atoms with Gasteiger partial charge in [-0.25, -0.2) is 9.97 Å². The van der Waals surface area contributed by atoms with Crippen LogP contribution >= 0.6 is 7.60 Å². The molecule has 0 radical (unpaired) electrons. The summed E-state index contributed by atoms with van der Waals surface area (Å²) in [6.07, 6.45) is 8.30. The van der Waals surface area contributed by atoms with Crippen molar-refractivity contribution in [3.8, 4) is 16.9 Å². The van der Waals surface area contributed by atoms with Crippen molar-refractivity contribution in [1.29, 1.82) is 0 Å². The minimum atomic E-state index is -3.06. The third-order valence-electron chi connectivity index (χ3n) is 7.35. The number of fused-ring (bicyclic) bond motifs is 1. The molecule has 3 heterocycles. The molecule has 200 valence electrons. The monoisotopic (exact) mass is 527 g/mol. The molecule has 10 heteroatoms. The Morgan fingerprint density at radius 2 is 1.92 bits per heavy atom. The summed E-state index contributed by atoms with van der Waals surface area (Å²) < 4.78 is 31.7. The van der Waals surface area contributed by atoms with Gasteiger partial charge in [-0.3, -0.25) is 4.57 Å². The van der Waals surface area contributed by atoms with Crippen LogP contribution in [0.4, 0.5) is 5.82 Å². The van der Waals surface area contributed by atoms with Crippen LogP contribution < -0.4 is 10.5 Å². The molecule has 0 spiro atoms. The van der Waals surface area contributed by atoms with E-state index in [4.69, 9.17) is 19.5 Å². The lowest BCUT2D eigenvalue weighted by Gasteiger charge is -2.42. The molecule has 5 rings (SSSR count). The number of rotatable bonds is 13. The predicted octanol–water partition coefficient (Wildman–Crippen LogP) is 5.37. The van der Waals surface area contributed by atoms with E-state index in [1.807, 2.05) is 32.0 Å². The van der Waals surface area contributed by atoms with Crippen LogP contribution in [-0.4, -0.2) is 65.1 Å². The third-order valence-corrected chi connectivity index (χ3v) is 9.52. The lowest BCUT2D eigenvalue weighted by Crippen LogP contribution is -2.43. The Labute approximate surface area is 218 Å². The Balaban J connectivity index is 1.29. The van der Waals surface area contributed by atoms with Gasteiger partial charge in [-0.2, -0.15) is 0 Å². The highest BCUT2D eigenvalue weighted by Gasteiger charge is 2.34. The Hall–Kier alpha value is -2.45. The van der Waals surface area contributed by atoms with Gasteiger partial charge in [0.15, 0.2) is 0 Å². The lowest BCUT2D eigenvalue weighted by atomic mass is 9.79. The molecule has 2 N–H and O–H groups in total. The van der Waals surface area contributed by atoms with Crippen LogP contribution in [0.15, 0.2) is 36.8 Å². The number of ether oxygens (including phenoxy) is 1. The molecule has 2 aromatic heterocycles. The Kier molecular flexibility index (Phi) is 8.15. The molecular formula is C27H38N5O4P. The van der Waals surface area contributed by atoms with Crippen molar-refractivity contribution in [3.05, 3.63) is 36.8 Å². The molecule has 1 saturated carbocycles. The Morgan fingerprint density at radius 1 is 1.14 bits per heavy atom. The Bertz CT molecular complexity index is 1240. The number of anilines is 1. The van der Waals surface area contributed by atoms with Gasteiger partial charge in [0.25, 0.3) is 0 Å². The molecule has 1 aliphatic heterocycles. The number of hydrogen-bond acceptors (Lipinski definition) is 8. The molecule has 1 aromatic carbocycles. The maximum atomic E-state index is 12.7. The first-order valence-corrected chi connectivity index (χ1v) is 15.2. The van der Waals surface area contributed by atoms with E-state index in [0.717, 1.165) is 33.8 Å². The number of nitrogen functional groups attached to an aromatic ring is 1. The SMILES string of the molecule is CCOP(=O)(CCCOc1cccc(-c2cn(C3CC(CN4CCC4)C3)c3ncnc(N)c23)c1)OCC. The summed E-state index contributed by atoms with van der Waals surface area (Å²) >= 11 is 0. The molecule has 2 fully saturated rings. The molecule has 0 atom stereocenters. The first-order valence-electron chi connectivity index (χ1n) is 13.4. The first kappa shape index (κ1) is 26.2. The largest absolute Gasteiger partial charge is 0.494 e. The van der Waals surface area contributed by atoms with Crippen LogP contribution in [0.1, 0.15) is 45.6 Å². The number of nitrogens with two attached hydrogens (primary N) is 1. The highest BCUT2D eigenvalue weighted by Crippen LogP contribution is 2.48. The maximum absolute atomic E-state index is 12.7. The summed E-state index contributed by atoms with van der Waals surface area (Å²) in [7, 11) is -3.06. The van der Waals surface area contributed by atoms with E-state index in [1.165, 1.54) is 38.9 Å². The van der Waals surface area contributed by atoms with E-state index in [2.05, 4.69) is 31.7 Å². The fourth-order valence-corrected chi connectivity index (χ4v) is 7.01. The number of likely N-dealkylation sites (tertiary alicyclic amines) is 1. The topological polar surface area (TPSA) is 105 Å². The average Bonchev–Trinajstić information content (AvgIpc) is 3.21. The van der Waals surface area contributed by atoms with Crippen LogP contribution in [0.2, 0.25) is 0 Å². The van der Waals surface area contributed by atoms with Crippen LogP contribution in [0.5, 0.6) is 5.75 Å². The quantitative estimate of drug-likeness (QED) is 0.234. The highest BCUT2D eigenvalue weighted by molar-refractivity contribution is 7.53. The smallest absolute Gasteiger partial charge is 0.330 e. The normalized spacial score (nSPS) is 20.1. The molecule has 1 aliphatic carbocycles. The van der Waals surface area contributed by atoms with Crippen molar-refractivity contribution in [2.45, 2.75) is 45.6 Å². The first-order chi connectivity index (χ1) is 18.0. The van der Waals surface area contributed by atoms with E-state index in [1.54, 1.807) is 6.33 Å².